The Kier molecular flexibility index (Phi) is 4.06. The van der Waals surface area contributed by atoms with Crippen LogP contribution in [-0.2, 0) is 10.3 Å². The second kappa shape index (κ2) is 5.88. The third-order valence-electron chi connectivity index (χ3n) is 4.06. The van der Waals surface area contributed by atoms with Crippen molar-refractivity contribution in [1.82, 2.24) is 20.3 Å². The summed E-state index contributed by atoms with van der Waals surface area (Å²) in [5, 5.41) is 6.13. The normalized spacial score (nSPS) is 20.8. The Morgan fingerprint density at radius 1 is 1.30 bits per heavy atom. The second-order valence-corrected chi connectivity index (χ2v) is 7.01. The number of nitrogens with zero attached hydrogens (tertiary/aromatic N) is 4. The van der Waals surface area contributed by atoms with E-state index in [1.807, 2.05) is 26.2 Å². The fourth-order valence-electron chi connectivity index (χ4n) is 3.06. The molecule has 0 aromatic carbocycles. The number of hydrogen-bond acceptors (Lipinski definition) is 6. The molecule has 2 aromatic rings. The van der Waals surface area contributed by atoms with Crippen LogP contribution in [0.2, 0.25) is 0 Å². The highest BCUT2D eigenvalue weighted by Crippen LogP contribution is 2.36. The number of carbonyl (C=O) groups is 1. The van der Waals surface area contributed by atoms with E-state index in [2.05, 4.69) is 25.2 Å². The van der Waals surface area contributed by atoms with Crippen molar-refractivity contribution in [1.29, 1.82) is 0 Å². The molecule has 1 unspecified atom stereocenters. The number of rotatable bonds is 3. The van der Waals surface area contributed by atoms with Gasteiger partial charge in [0.05, 0.1) is 11.4 Å². The van der Waals surface area contributed by atoms with Crippen LogP contribution in [0, 0.1) is 20.8 Å². The Morgan fingerprint density at radius 2 is 2.09 bits per heavy atom. The average Bonchev–Trinajstić information content (AvgIpc) is 3.09. The second-order valence-electron chi connectivity index (χ2n) is 6.15. The summed E-state index contributed by atoms with van der Waals surface area (Å²) >= 11 is 1.60. The van der Waals surface area contributed by atoms with Crippen LogP contribution in [0.5, 0.6) is 0 Å². The first-order chi connectivity index (χ1) is 10.9. The van der Waals surface area contributed by atoms with E-state index in [4.69, 9.17) is 0 Å². The monoisotopic (exact) mass is 331 g/mol. The molecular formula is C16H21N5OS. The van der Waals surface area contributed by atoms with Crippen molar-refractivity contribution in [3.63, 3.8) is 0 Å². The molecule has 2 aromatic heterocycles. The van der Waals surface area contributed by atoms with Gasteiger partial charge in [-0.1, -0.05) is 0 Å². The molecule has 0 spiro atoms. The Balaban J connectivity index is 1.95. The molecule has 0 bridgehead atoms. The highest BCUT2D eigenvalue weighted by molar-refractivity contribution is 7.09. The van der Waals surface area contributed by atoms with Crippen LogP contribution in [0.3, 0.4) is 0 Å². The van der Waals surface area contributed by atoms with Gasteiger partial charge in [-0.15, -0.1) is 11.3 Å². The van der Waals surface area contributed by atoms with E-state index in [1.54, 1.807) is 24.5 Å². The van der Waals surface area contributed by atoms with Gasteiger partial charge >= 0.3 is 0 Å². The molecule has 7 heteroatoms. The third kappa shape index (κ3) is 3.06. The predicted molar refractivity (Wildman–Crippen MR) is 90.7 cm³/mol. The number of hydrogen-bond donors (Lipinski definition) is 1. The third-order valence-corrected chi connectivity index (χ3v) is 5.23. The zero-order valence-corrected chi connectivity index (χ0v) is 14.7. The zero-order chi connectivity index (χ0) is 16.6. The van der Waals surface area contributed by atoms with Gasteiger partial charge in [-0.25, -0.2) is 9.97 Å². The van der Waals surface area contributed by atoms with Gasteiger partial charge in [0.2, 0.25) is 5.91 Å². The largest absolute Gasteiger partial charge is 0.352 e. The summed E-state index contributed by atoms with van der Waals surface area (Å²) < 4.78 is 0. The summed E-state index contributed by atoms with van der Waals surface area (Å²) in [4.78, 5) is 27.6. The first-order valence-corrected chi connectivity index (χ1v) is 8.54. The fourth-order valence-corrected chi connectivity index (χ4v) is 4.03. The molecule has 1 fully saturated rings. The fraction of sp³-hybridized carbons (Fsp3) is 0.500. The van der Waals surface area contributed by atoms with Gasteiger partial charge in [0.15, 0.2) is 0 Å². The summed E-state index contributed by atoms with van der Waals surface area (Å²) in [7, 11) is 0. The maximum Gasteiger partial charge on any atom is 0.217 e. The van der Waals surface area contributed by atoms with Crippen molar-refractivity contribution >= 4 is 23.1 Å². The van der Waals surface area contributed by atoms with Crippen molar-refractivity contribution in [2.24, 2.45) is 0 Å². The number of aromatic nitrogens is 3. The van der Waals surface area contributed by atoms with E-state index in [0.717, 1.165) is 40.9 Å². The molecule has 3 heterocycles. The molecule has 1 aliphatic heterocycles. The molecule has 1 amide bonds. The maximum absolute atomic E-state index is 11.8. The molecule has 23 heavy (non-hydrogen) atoms. The average molecular weight is 331 g/mol. The smallest absolute Gasteiger partial charge is 0.217 e. The van der Waals surface area contributed by atoms with Gasteiger partial charge in [-0.3, -0.25) is 9.78 Å². The molecule has 0 saturated carbocycles. The van der Waals surface area contributed by atoms with E-state index >= 15 is 0 Å². The van der Waals surface area contributed by atoms with Crippen LogP contribution < -0.4 is 10.2 Å². The lowest BCUT2D eigenvalue weighted by molar-refractivity contribution is -0.120. The minimum absolute atomic E-state index is 0.0354. The molecule has 1 aliphatic rings. The number of carbonyl (C=O) groups excluding carboxylic acids is 1. The lowest BCUT2D eigenvalue weighted by Crippen LogP contribution is -2.47. The Hall–Kier alpha value is -2.02. The van der Waals surface area contributed by atoms with Crippen molar-refractivity contribution in [3.05, 3.63) is 33.7 Å². The van der Waals surface area contributed by atoms with E-state index in [1.165, 1.54) is 0 Å². The van der Waals surface area contributed by atoms with Crippen molar-refractivity contribution in [3.8, 4) is 0 Å². The van der Waals surface area contributed by atoms with Crippen molar-refractivity contribution in [2.75, 3.05) is 18.0 Å². The van der Waals surface area contributed by atoms with Crippen LogP contribution in [-0.4, -0.2) is 33.9 Å². The van der Waals surface area contributed by atoms with Crippen LogP contribution in [0.4, 0.5) is 5.82 Å². The van der Waals surface area contributed by atoms with Crippen molar-refractivity contribution < 1.29 is 4.79 Å². The lowest BCUT2D eigenvalue weighted by Gasteiger charge is -2.28. The lowest BCUT2D eigenvalue weighted by atomic mass is 9.99. The van der Waals surface area contributed by atoms with Gasteiger partial charge in [0.25, 0.3) is 0 Å². The van der Waals surface area contributed by atoms with Gasteiger partial charge in [0.1, 0.15) is 16.4 Å². The molecule has 0 aliphatic carbocycles. The molecule has 1 saturated heterocycles. The van der Waals surface area contributed by atoms with Gasteiger partial charge in [0, 0.05) is 37.3 Å². The Bertz CT molecular complexity index is 744. The zero-order valence-electron chi connectivity index (χ0n) is 13.9. The molecule has 3 rings (SSSR count). The van der Waals surface area contributed by atoms with Crippen LogP contribution in [0.15, 0.2) is 11.6 Å². The van der Waals surface area contributed by atoms with Gasteiger partial charge < -0.3 is 10.2 Å². The first-order valence-electron chi connectivity index (χ1n) is 7.66. The number of thiazole rings is 1. The first kappa shape index (κ1) is 15.9. The Morgan fingerprint density at radius 3 is 2.74 bits per heavy atom. The van der Waals surface area contributed by atoms with Gasteiger partial charge in [-0.05, 0) is 27.2 Å². The maximum atomic E-state index is 11.8. The molecule has 6 nitrogen and oxygen atoms in total. The van der Waals surface area contributed by atoms with E-state index in [9.17, 15) is 4.79 Å². The topological polar surface area (TPSA) is 71.0 Å². The van der Waals surface area contributed by atoms with Crippen LogP contribution in [0.25, 0.3) is 0 Å². The Labute approximate surface area is 140 Å². The molecule has 122 valence electrons. The number of aryl methyl sites for hydroxylation is 3. The molecular weight excluding hydrogens is 310 g/mol. The highest BCUT2D eigenvalue weighted by Gasteiger charge is 2.43. The number of amides is 1. The summed E-state index contributed by atoms with van der Waals surface area (Å²) in [6, 6.07) is 0. The minimum Gasteiger partial charge on any atom is -0.352 e. The highest BCUT2D eigenvalue weighted by atomic mass is 32.1. The standard InChI is InChI=1S/C16H21N5OS/c1-10-7-17-12(3)14(18-10)21-6-5-16(9-21,20-13(4)22)15-19-11(2)8-23-15/h7-8H,5-6,9H2,1-4H3,(H,20,22). The quantitative estimate of drug-likeness (QED) is 0.932. The summed E-state index contributed by atoms with van der Waals surface area (Å²) in [5.41, 5.74) is 2.35. The summed E-state index contributed by atoms with van der Waals surface area (Å²) in [6.45, 7) is 8.92. The van der Waals surface area contributed by atoms with E-state index in [0.29, 0.717) is 6.54 Å². The van der Waals surface area contributed by atoms with Crippen molar-refractivity contribution in [2.45, 2.75) is 39.7 Å². The molecule has 1 N–H and O–H groups in total. The van der Waals surface area contributed by atoms with E-state index < -0.39 is 5.54 Å². The minimum atomic E-state index is -0.442. The SMILES string of the molecule is CC(=O)NC1(c2nc(C)cs2)CCN(c2nc(C)cnc2C)C1. The van der Waals surface area contributed by atoms with Gasteiger partial charge in [-0.2, -0.15) is 0 Å². The van der Waals surface area contributed by atoms with Crippen LogP contribution in [0.1, 0.15) is 35.4 Å². The molecule has 1 atom stereocenters. The van der Waals surface area contributed by atoms with E-state index in [-0.39, 0.29) is 5.91 Å². The molecule has 0 radical (unpaired) electrons. The van der Waals surface area contributed by atoms with Crippen LogP contribution >= 0.6 is 11.3 Å². The number of nitrogens with one attached hydrogen (secondary N) is 1. The number of anilines is 1. The predicted octanol–water partition coefficient (Wildman–Crippen LogP) is 2.10. The summed E-state index contributed by atoms with van der Waals surface area (Å²) in [5.74, 6) is 0.859. The summed E-state index contributed by atoms with van der Waals surface area (Å²) in [6.07, 6.45) is 2.59.